The summed E-state index contributed by atoms with van der Waals surface area (Å²) in [5.74, 6) is -0.513. The van der Waals surface area contributed by atoms with Crippen LogP contribution in [0.15, 0.2) is 30.3 Å². The van der Waals surface area contributed by atoms with Gasteiger partial charge in [0.25, 0.3) is 6.54 Å². The minimum atomic E-state index is -0.745. The molecule has 0 heterocycles. The number of hydrogen-bond donors (Lipinski definition) is 1. The van der Waals surface area contributed by atoms with Gasteiger partial charge in [-0.25, -0.2) is 0 Å². The molecule has 86 valence electrons. The van der Waals surface area contributed by atoms with Gasteiger partial charge in [-0.05, 0) is 18.4 Å². The number of carbonyl (C=O) groups is 1. The van der Waals surface area contributed by atoms with Crippen LogP contribution in [0.5, 0.6) is 0 Å². The molecule has 0 aliphatic carbocycles. The Labute approximate surface area is 93.4 Å². The van der Waals surface area contributed by atoms with Gasteiger partial charge < -0.3 is 5.73 Å². The van der Waals surface area contributed by atoms with E-state index in [0.29, 0.717) is 12.8 Å². The van der Waals surface area contributed by atoms with E-state index in [9.17, 15) is 14.9 Å². The summed E-state index contributed by atoms with van der Waals surface area (Å²) in [6.07, 6.45) is 1.10. The molecule has 0 aliphatic rings. The SMILES string of the molecule is N[C@@H](CCc1ccccc1)C(=O)C[N+](=O)[O-]. The van der Waals surface area contributed by atoms with E-state index in [1.54, 1.807) is 0 Å². The van der Waals surface area contributed by atoms with Crippen molar-refractivity contribution >= 4 is 5.78 Å². The maximum atomic E-state index is 11.2. The molecule has 0 amide bonds. The number of ketones is 1. The predicted octanol–water partition coefficient (Wildman–Crippen LogP) is 0.792. The number of benzene rings is 1. The topological polar surface area (TPSA) is 86.2 Å². The Morgan fingerprint density at radius 3 is 2.56 bits per heavy atom. The van der Waals surface area contributed by atoms with Crippen LogP contribution in [0.25, 0.3) is 0 Å². The van der Waals surface area contributed by atoms with Gasteiger partial charge in [0.15, 0.2) is 0 Å². The number of Topliss-reactive ketones (excluding diaryl/α,β-unsaturated/α-hetero) is 1. The van der Waals surface area contributed by atoms with Crippen molar-refractivity contribution in [3.63, 3.8) is 0 Å². The lowest BCUT2D eigenvalue weighted by Gasteiger charge is -2.07. The quantitative estimate of drug-likeness (QED) is 0.569. The molecule has 1 aromatic carbocycles. The van der Waals surface area contributed by atoms with E-state index in [1.807, 2.05) is 30.3 Å². The van der Waals surface area contributed by atoms with Gasteiger partial charge in [0.1, 0.15) is 0 Å². The summed E-state index contributed by atoms with van der Waals surface area (Å²) < 4.78 is 0. The smallest absolute Gasteiger partial charge is 0.262 e. The highest BCUT2D eigenvalue weighted by molar-refractivity contribution is 5.84. The number of nitrogens with zero attached hydrogens (tertiary/aromatic N) is 1. The summed E-state index contributed by atoms with van der Waals surface area (Å²) in [7, 11) is 0. The molecule has 5 nitrogen and oxygen atoms in total. The van der Waals surface area contributed by atoms with E-state index in [-0.39, 0.29) is 0 Å². The van der Waals surface area contributed by atoms with Crippen molar-refractivity contribution in [2.75, 3.05) is 6.54 Å². The number of carbonyl (C=O) groups excluding carboxylic acids is 1. The Kier molecular flexibility index (Phi) is 4.60. The zero-order valence-electron chi connectivity index (χ0n) is 8.83. The van der Waals surface area contributed by atoms with E-state index >= 15 is 0 Å². The average molecular weight is 222 g/mol. The van der Waals surface area contributed by atoms with Crippen LogP contribution in [-0.2, 0) is 11.2 Å². The van der Waals surface area contributed by atoms with E-state index in [2.05, 4.69) is 0 Å². The molecule has 0 unspecified atom stereocenters. The van der Waals surface area contributed by atoms with Gasteiger partial charge in [0.05, 0.1) is 6.04 Å². The van der Waals surface area contributed by atoms with Gasteiger partial charge in [-0.1, -0.05) is 30.3 Å². The number of nitrogens with two attached hydrogens (primary N) is 1. The summed E-state index contributed by atoms with van der Waals surface area (Å²) in [5, 5.41) is 10.1. The third-order valence-electron chi connectivity index (χ3n) is 2.29. The molecule has 0 bridgehead atoms. The van der Waals surface area contributed by atoms with Crippen LogP contribution in [-0.4, -0.2) is 23.3 Å². The first-order valence-corrected chi connectivity index (χ1v) is 5.03. The first-order chi connectivity index (χ1) is 7.59. The molecule has 1 rings (SSSR count). The fraction of sp³-hybridized carbons (Fsp3) is 0.364. The molecule has 0 radical (unpaired) electrons. The Morgan fingerprint density at radius 2 is 2.00 bits per heavy atom. The Hall–Kier alpha value is -1.75. The van der Waals surface area contributed by atoms with E-state index in [1.165, 1.54) is 0 Å². The highest BCUT2D eigenvalue weighted by Gasteiger charge is 2.18. The van der Waals surface area contributed by atoms with Crippen molar-refractivity contribution in [2.24, 2.45) is 5.73 Å². The molecule has 0 saturated heterocycles. The summed E-state index contributed by atoms with van der Waals surface area (Å²) >= 11 is 0. The number of aryl methyl sites for hydroxylation is 1. The summed E-state index contributed by atoms with van der Waals surface area (Å²) in [6.45, 7) is -0.685. The van der Waals surface area contributed by atoms with Crippen molar-refractivity contribution in [2.45, 2.75) is 18.9 Å². The van der Waals surface area contributed by atoms with Gasteiger partial charge in [-0.15, -0.1) is 0 Å². The summed E-state index contributed by atoms with van der Waals surface area (Å²) in [6, 6.07) is 8.83. The number of nitro groups is 1. The van der Waals surface area contributed by atoms with Crippen molar-refractivity contribution < 1.29 is 9.72 Å². The first kappa shape index (κ1) is 12.3. The van der Waals surface area contributed by atoms with Crippen molar-refractivity contribution in [3.8, 4) is 0 Å². The van der Waals surface area contributed by atoms with Crippen molar-refractivity contribution in [3.05, 3.63) is 46.0 Å². The predicted molar refractivity (Wildman–Crippen MR) is 59.6 cm³/mol. The standard InChI is InChI=1S/C11H14N2O3/c12-10(11(14)8-13(15)16)7-6-9-4-2-1-3-5-9/h1-5,10H,6-8,12H2/t10-/m0/s1. The second-order valence-corrected chi connectivity index (χ2v) is 3.59. The van der Waals surface area contributed by atoms with Crippen LogP contribution < -0.4 is 5.73 Å². The molecule has 0 aliphatic heterocycles. The normalized spacial score (nSPS) is 12.1. The maximum absolute atomic E-state index is 11.2. The van der Waals surface area contributed by atoms with Gasteiger partial charge in [0.2, 0.25) is 5.78 Å². The second kappa shape index (κ2) is 5.97. The molecule has 0 spiro atoms. The third-order valence-corrected chi connectivity index (χ3v) is 2.29. The van der Waals surface area contributed by atoms with Gasteiger partial charge in [-0.2, -0.15) is 0 Å². The van der Waals surface area contributed by atoms with Crippen LogP contribution in [0.2, 0.25) is 0 Å². The van der Waals surface area contributed by atoms with E-state index < -0.39 is 23.3 Å². The highest BCUT2D eigenvalue weighted by atomic mass is 16.6. The molecular formula is C11H14N2O3. The van der Waals surface area contributed by atoms with Crippen LogP contribution in [0.1, 0.15) is 12.0 Å². The molecule has 0 saturated carbocycles. The fourth-order valence-electron chi connectivity index (χ4n) is 1.37. The van der Waals surface area contributed by atoms with Crippen LogP contribution in [0.4, 0.5) is 0 Å². The van der Waals surface area contributed by atoms with Crippen LogP contribution >= 0.6 is 0 Å². The molecule has 1 atom stereocenters. The zero-order chi connectivity index (χ0) is 12.0. The van der Waals surface area contributed by atoms with Crippen LogP contribution in [0.3, 0.4) is 0 Å². The molecule has 0 aromatic heterocycles. The lowest BCUT2D eigenvalue weighted by Crippen LogP contribution is -2.35. The monoisotopic (exact) mass is 222 g/mol. The number of rotatable bonds is 6. The van der Waals surface area contributed by atoms with E-state index in [0.717, 1.165) is 5.56 Å². The lowest BCUT2D eigenvalue weighted by atomic mass is 10.0. The molecule has 0 fully saturated rings. The largest absolute Gasteiger partial charge is 0.321 e. The Balaban J connectivity index is 2.38. The summed E-state index contributed by atoms with van der Waals surface area (Å²) in [4.78, 5) is 20.7. The van der Waals surface area contributed by atoms with Gasteiger partial charge in [0, 0.05) is 4.92 Å². The Morgan fingerprint density at radius 1 is 1.38 bits per heavy atom. The van der Waals surface area contributed by atoms with Crippen molar-refractivity contribution in [1.29, 1.82) is 0 Å². The fourth-order valence-corrected chi connectivity index (χ4v) is 1.37. The summed E-state index contributed by atoms with van der Waals surface area (Å²) in [5.41, 5.74) is 6.64. The number of hydrogen-bond acceptors (Lipinski definition) is 4. The average Bonchev–Trinajstić information content (AvgIpc) is 2.26. The molecule has 16 heavy (non-hydrogen) atoms. The third kappa shape index (κ3) is 4.18. The Bertz CT molecular complexity index is 365. The molecule has 2 N–H and O–H groups in total. The minimum absolute atomic E-state index is 0.441. The molecule has 5 heteroatoms. The van der Waals surface area contributed by atoms with Gasteiger partial charge >= 0.3 is 0 Å². The zero-order valence-corrected chi connectivity index (χ0v) is 8.83. The van der Waals surface area contributed by atoms with Gasteiger partial charge in [-0.3, -0.25) is 14.9 Å². The molecular weight excluding hydrogens is 208 g/mol. The highest BCUT2D eigenvalue weighted by Crippen LogP contribution is 2.04. The second-order valence-electron chi connectivity index (χ2n) is 3.59. The van der Waals surface area contributed by atoms with E-state index in [4.69, 9.17) is 5.73 Å². The van der Waals surface area contributed by atoms with Crippen LogP contribution in [0, 0.1) is 10.1 Å². The van der Waals surface area contributed by atoms with Crippen molar-refractivity contribution in [1.82, 2.24) is 0 Å². The minimum Gasteiger partial charge on any atom is -0.321 e. The lowest BCUT2D eigenvalue weighted by molar-refractivity contribution is -0.467. The maximum Gasteiger partial charge on any atom is 0.262 e. The molecule has 1 aromatic rings. The first-order valence-electron chi connectivity index (χ1n) is 5.03.